The Labute approximate surface area is 124 Å². The predicted octanol–water partition coefficient (Wildman–Crippen LogP) is 2.21. The van der Waals surface area contributed by atoms with Gasteiger partial charge in [0, 0.05) is 12.6 Å². The first-order valence-electron chi connectivity index (χ1n) is 7.12. The number of benzene rings is 1. The summed E-state index contributed by atoms with van der Waals surface area (Å²) in [6, 6.07) is 11.8. The van der Waals surface area contributed by atoms with Gasteiger partial charge >= 0.3 is 0 Å². The zero-order chi connectivity index (χ0) is 15.1. The van der Waals surface area contributed by atoms with Crippen LogP contribution in [0.15, 0.2) is 40.9 Å². The lowest BCUT2D eigenvalue weighted by Crippen LogP contribution is -2.30. The van der Waals surface area contributed by atoms with Crippen LogP contribution in [0.3, 0.4) is 0 Å². The number of nitrogens with zero attached hydrogens (tertiary/aromatic N) is 1. The molecule has 5 nitrogen and oxygen atoms in total. The Hall–Kier alpha value is -1.69. The van der Waals surface area contributed by atoms with Crippen LogP contribution in [0.25, 0.3) is 0 Å². The molecule has 0 aliphatic heterocycles. The molecule has 0 saturated carbocycles. The van der Waals surface area contributed by atoms with E-state index in [2.05, 4.69) is 10.5 Å². The summed E-state index contributed by atoms with van der Waals surface area (Å²) >= 11 is 0. The summed E-state index contributed by atoms with van der Waals surface area (Å²) < 4.78 is 10.7. The Morgan fingerprint density at radius 1 is 1.33 bits per heavy atom. The van der Waals surface area contributed by atoms with Gasteiger partial charge in [-0.25, -0.2) is 0 Å². The number of hydrogen-bond donors (Lipinski definition) is 2. The smallest absolute Gasteiger partial charge is 0.150 e. The van der Waals surface area contributed by atoms with Crippen molar-refractivity contribution in [3.8, 4) is 0 Å². The lowest BCUT2D eigenvalue weighted by molar-refractivity contribution is -0.00227. The fraction of sp³-hybridized carbons (Fsp3) is 0.438. The number of rotatable bonds is 8. The molecular weight excluding hydrogens is 268 g/mol. The van der Waals surface area contributed by atoms with Crippen LogP contribution in [0, 0.1) is 6.92 Å². The van der Waals surface area contributed by atoms with E-state index in [9.17, 15) is 5.11 Å². The van der Waals surface area contributed by atoms with Crippen LogP contribution in [0.2, 0.25) is 0 Å². The van der Waals surface area contributed by atoms with E-state index in [-0.39, 0.29) is 6.10 Å². The largest absolute Gasteiger partial charge is 0.389 e. The van der Waals surface area contributed by atoms with Gasteiger partial charge in [-0.05, 0) is 19.4 Å². The molecule has 2 N–H and O–H groups in total. The van der Waals surface area contributed by atoms with Gasteiger partial charge in [-0.15, -0.1) is 0 Å². The van der Waals surface area contributed by atoms with Crippen LogP contribution in [0.1, 0.15) is 30.0 Å². The number of aliphatic hydroxyl groups excluding tert-OH is 1. The van der Waals surface area contributed by atoms with E-state index in [0.717, 1.165) is 17.0 Å². The van der Waals surface area contributed by atoms with Gasteiger partial charge in [-0.1, -0.05) is 35.5 Å². The molecule has 0 fully saturated rings. The standard InChI is InChI=1S/C16H22N2O3/c1-12-8-16(21-18-12)10-17-9-15(19)11-20-13(2)14-6-4-3-5-7-14/h3-8,13,15,17,19H,9-11H2,1-2H3. The third kappa shape index (κ3) is 5.30. The van der Waals surface area contributed by atoms with Gasteiger partial charge in [0.2, 0.25) is 0 Å². The Kier molecular flexibility index (Phi) is 5.92. The summed E-state index contributed by atoms with van der Waals surface area (Å²) in [5.74, 6) is 0.762. The highest BCUT2D eigenvalue weighted by Gasteiger charge is 2.10. The molecule has 2 unspecified atom stereocenters. The molecule has 2 aromatic rings. The normalized spacial score (nSPS) is 14.0. The minimum absolute atomic E-state index is 0.0298. The van der Waals surface area contributed by atoms with Crippen LogP contribution >= 0.6 is 0 Å². The van der Waals surface area contributed by atoms with E-state index >= 15 is 0 Å². The van der Waals surface area contributed by atoms with Gasteiger partial charge in [0.25, 0.3) is 0 Å². The van der Waals surface area contributed by atoms with Crippen molar-refractivity contribution in [1.29, 1.82) is 0 Å². The second kappa shape index (κ2) is 7.93. The Balaban J connectivity index is 1.64. The average Bonchev–Trinajstić information content (AvgIpc) is 2.91. The molecule has 0 amide bonds. The number of hydrogen-bond acceptors (Lipinski definition) is 5. The SMILES string of the molecule is Cc1cc(CNCC(O)COC(C)c2ccccc2)on1. The Morgan fingerprint density at radius 3 is 2.76 bits per heavy atom. The topological polar surface area (TPSA) is 67.5 Å². The summed E-state index contributed by atoms with van der Waals surface area (Å²) in [4.78, 5) is 0. The molecule has 114 valence electrons. The third-order valence-corrected chi connectivity index (χ3v) is 3.16. The highest BCUT2D eigenvalue weighted by atomic mass is 16.5. The monoisotopic (exact) mass is 290 g/mol. The molecule has 0 spiro atoms. The second-order valence-corrected chi connectivity index (χ2v) is 5.11. The number of ether oxygens (including phenoxy) is 1. The molecule has 0 bridgehead atoms. The molecule has 0 saturated heterocycles. The van der Waals surface area contributed by atoms with E-state index in [1.807, 2.05) is 50.2 Å². The number of nitrogens with one attached hydrogen (secondary N) is 1. The molecule has 21 heavy (non-hydrogen) atoms. The van der Waals surface area contributed by atoms with Crippen LogP contribution in [-0.2, 0) is 11.3 Å². The molecule has 1 heterocycles. The fourth-order valence-electron chi connectivity index (χ4n) is 2.00. The molecular formula is C16H22N2O3. The molecule has 2 rings (SSSR count). The number of aromatic nitrogens is 1. The van der Waals surface area contributed by atoms with Gasteiger partial charge in [0.05, 0.1) is 31.1 Å². The molecule has 5 heteroatoms. The number of aliphatic hydroxyl groups is 1. The maximum absolute atomic E-state index is 9.89. The first-order valence-corrected chi connectivity index (χ1v) is 7.12. The lowest BCUT2D eigenvalue weighted by atomic mass is 10.1. The second-order valence-electron chi connectivity index (χ2n) is 5.11. The molecule has 0 aliphatic rings. The Morgan fingerprint density at radius 2 is 2.10 bits per heavy atom. The van der Waals surface area contributed by atoms with Gasteiger partial charge in [-0.3, -0.25) is 0 Å². The van der Waals surface area contributed by atoms with E-state index in [0.29, 0.717) is 19.7 Å². The highest BCUT2D eigenvalue weighted by Crippen LogP contribution is 2.15. The van der Waals surface area contributed by atoms with Gasteiger partial charge < -0.3 is 19.7 Å². The van der Waals surface area contributed by atoms with E-state index in [1.54, 1.807) is 0 Å². The minimum Gasteiger partial charge on any atom is -0.389 e. The third-order valence-electron chi connectivity index (χ3n) is 3.16. The van der Waals surface area contributed by atoms with Crippen molar-refractivity contribution >= 4 is 0 Å². The van der Waals surface area contributed by atoms with Crippen LogP contribution in [-0.4, -0.2) is 29.5 Å². The van der Waals surface area contributed by atoms with Gasteiger partial charge in [-0.2, -0.15) is 0 Å². The van der Waals surface area contributed by atoms with Crippen molar-refractivity contribution in [2.45, 2.75) is 32.6 Å². The Bertz CT molecular complexity index is 527. The zero-order valence-corrected chi connectivity index (χ0v) is 12.5. The van der Waals surface area contributed by atoms with E-state index in [1.165, 1.54) is 0 Å². The maximum atomic E-state index is 9.89. The van der Waals surface area contributed by atoms with Crippen molar-refractivity contribution in [1.82, 2.24) is 10.5 Å². The van der Waals surface area contributed by atoms with E-state index in [4.69, 9.17) is 9.26 Å². The minimum atomic E-state index is -0.555. The molecule has 2 atom stereocenters. The molecule has 0 radical (unpaired) electrons. The van der Waals surface area contributed by atoms with Gasteiger partial charge in [0.15, 0.2) is 5.76 Å². The summed E-state index contributed by atoms with van der Waals surface area (Å²) in [5.41, 5.74) is 1.96. The molecule has 1 aromatic heterocycles. The maximum Gasteiger partial charge on any atom is 0.150 e. The fourth-order valence-corrected chi connectivity index (χ4v) is 2.00. The summed E-state index contributed by atoms with van der Waals surface area (Å²) in [5, 5.41) is 16.8. The summed E-state index contributed by atoms with van der Waals surface area (Å²) in [7, 11) is 0. The van der Waals surface area contributed by atoms with Gasteiger partial charge in [0.1, 0.15) is 0 Å². The van der Waals surface area contributed by atoms with Crippen LogP contribution in [0.5, 0.6) is 0 Å². The average molecular weight is 290 g/mol. The predicted molar refractivity (Wildman–Crippen MR) is 79.8 cm³/mol. The summed E-state index contributed by atoms with van der Waals surface area (Å²) in [6.45, 7) is 5.14. The van der Waals surface area contributed by atoms with Crippen molar-refractivity contribution in [2.75, 3.05) is 13.2 Å². The first-order chi connectivity index (χ1) is 10.1. The van der Waals surface area contributed by atoms with Crippen LogP contribution in [0.4, 0.5) is 0 Å². The van der Waals surface area contributed by atoms with Crippen LogP contribution < -0.4 is 5.32 Å². The number of aryl methyl sites for hydroxylation is 1. The zero-order valence-electron chi connectivity index (χ0n) is 12.5. The molecule has 0 aliphatic carbocycles. The summed E-state index contributed by atoms with van der Waals surface area (Å²) in [6.07, 6.45) is -0.585. The quantitative estimate of drug-likeness (QED) is 0.780. The highest BCUT2D eigenvalue weighted by molar-refractivity contribution is 5.16. The van der Waals surface area contributed by atoms with Crippen molar-refractivity contribution < 1.29 is 14.4 Å². The van der Waals surface area contributed by atoms with Crippen molar-refractivity contribution in [3.05, 3.63) is 53.4 Å². The lowest BCUT2D eigenvalue weighted by Gasteiger charge is -2.17. The van der Waals surface area contributed by atoms with Crippen molar-refractivity contribution in [2.24, 2.45) is 0 Å². The van der Waals surface area contributed by atoms with E-state index < -0.39 is 6.10 Å². The van der Waals surface area contributed by atoms with Crippen molar-refractivity contribution in [3.63, 3.8) is 0 Å². The molecule has 1 aromatic carbocycles. The first kappa shape index (κ1) is 15.7.